The van der Waals surface area contributed by atoms with Gasteiger partial charge in [-0.05, 0) is 44.0 Å². The average Bonchev–Trinajstić information content (AvgIpc) is 2.25. The van der Waals surface area contributed by atoms with Gasteiger partial charge in [0.25, 0.3) is 0 Å². The van der Waals surface area contributed by atoms with Gasteiger partial charge < -0.3 is 5.73 Å². The minimum absolute atomic E-state index is 0.707. The highest BCUT2D eigenvalue weighted by atomic mass is 79.9. The van der Waals surface area contributed by atoms with Gasteiger partial charge in [-0.15, -0.1) is 0 Å². The lowest BCUT2D eigenvalue weighted by molar-refractivity contribution is 0.152. The summed E-state index contributed by atoms with van der Waals surface area (Å²) in [4.78, 5) is 2.56. The molecule has 0 amide bonds. The first-order chi connectivity index (χ1) is 7.66. The van der Waals surface area contributed by atoms with E-state index in [0.717, 1.165) is 16.7 Å². The molecule has 2 rings (SSSR count). The molecule has 1 saturated heterocycles. The molecule has 1 fully saturated rings. The fourth-order valence-corrected chi connectivity index (χ4v) is 2.82. The molecule has 1 heterocycles. The molecule has 1 aliphatic heterocycles. The minimum Gasteiger partial charge on any atom is -0.399 e. The van der Waals surface area contributed by atoms with Crippen molar-refractivity contribution in [3.63, 3.8) is 0 Å². The smallest absolute Gasteiger partial charge is 0.0325 e. The summed E-state index contributed by atoms with van der Waals surface area (Å²) in [6.45, 7) is 4.57. The van der Waals surface area contributed by atoms with E-state index < -0.39 is 0 Å². The molecule has 88 valence electrons. The molecule has 1 aromatic rings. The zero-order valence-electron chi connectivity index (χ0n) is 9.75. The maximum atomic E-state index is 5.74. The van der Waals surface area contributed by atoms with E-state index in [9.17, 15) is 0 Å². The van der Waals surface area contributed by atoms with Crippen LogP contribution in [-0.2, 0) is 6.54 Å². The Balaban J connectivity index is 2.07. The second-order valence-electron chi connectivity index (χ2n) is 4.67. The summed E-state index contributed by atoms with van der Waals surface area (Å²) < 4.78 is 1.13. The molecule has 1 atom stereocenters. The molecule has 0 aromatic heterocycles. The molecule has 0 aliphatic carbocycles. The molecular weight excluding hydrogens is 264 g/mol. The third-order valence-electron chi connectivity index (χ3n) is 3.39. The number of piperidine rings is 1. The number of nitrogen functional groups attached to an aromatic ring is 1. The lowest BCUT2D eigenvalue weighted by atomic mass is 10.0. The molecular formula is C13H19BrN2. The van der Waals surface area contributed by atoms with Crippen LogP contribution in [0.25, 0.3) is 0 Å². The lowest BCUT2D eigenvalue weighted by Crippen LogP contribution is -2.36. The molecule has 16 heavy (non-hydrogen) atoms. The van der Waals surface area contributed by atoms with Gasteiger partial charge in [0.2, 0.25) is 0 Å². The Hall–Kier alpha value is -0.540. The van der Waals surface area contributed by atoms with Crippen LogP contribution in [0.4, 0.5) is 5.69 Å². The van der Waals surface area contributed by atoms with E-state index in [4.69, 9.17) is 5.73 Å². The number of benzene rings is 1. The van der Waals surface area contributed by atoms with Crippen LogP contribution in [0, 0.1) is 0 Å². The summed E-state index contributed by atoms with van der Waals surface area (Å²) in [5.41, 5.74) is 7.90. The van der Waals surface area contributed by atoms with E-state index in [1.165, 1.54) is 31.4 Å². The van der Waals surface area contributed by atoms with Gasteiger partial charge in [-0.25, -0.2) is 0 Å². The van der Waals surface area contributed by atoms with Crippen molar-refractivity contribution in [1.29, 1.82) is 0 Å². The van der Waals surface area contributed by atoms with Gasteiger partial charge in [0.15, 0.2) is 0 Å². The van der Waals surface area contributed by atoms with Crippen LogP contribution in [0.2, 0.25) is 0 Å². The van der Waals surface area contributed by atoms with Gasteiger partial charge in [-0.3, -0.25) is 4.90 Å². The van der Waals surface area contributed by atoms with Crippen molar-refractivity contribution in [3.05, 3.63) is 28.2 Å². The highest BCUT2D eigenvalue weighted by molar-refractivity contribution is 9.10. The standard InChI is InChI=1S/C13H19BrN2/c1-10-4-2-3-7-16(10)9-11-5-6-12(15)8-13(11)14/h5-6,8,10H,2-4,7,9,15H2,1H3/t10-/m0/s1. The fraction of sp³-hybridized carbons (Fsp3) is 0.538. The van der Waals surface area contributed by atoms with Gasteiger partial charge in [-0.1, -0.05) is 28.4 Å². The number of nitrogens with two attached hydrogens (primary N) is 1. The number of hydrogen-bond donors (Lipinski definition) is 1. The summed E-state index contributed by atoms with van der Waals surface area (Å²) in [6, 6.07) is 6.80. The van der Waals surface area contributed by atoms with Crippen LogP contribution in [0.5, 0.6) is 0 Å². The number of anilines is 1. The van der Waals surface area contributed by atoms with Crippen molar-refractivity contribution in [2.75, 3.05) is 12.3 Å². The van der Waals surface area contributed by atoms with Crippen molar-refractivity contribution in [1.82, 2.24) is 4.90 Å². The Bertz CT molecular complexity index is 365. The third-order valence-corrected chi connectivity index (χ3v) is 4.13. The normalized spacial score (nSPS) is 22.2. The second kappa shape index (κ2) is 5.19. The lowest BCUT2D eigenvalue weighted by Gasteiger charge is -2.33. The highest BCUT2D eigenvalue weighted by Crippen LogP contribution is 2.24. The number of rotatable bonds is 2. The van der Waals surface area contributed by atoms with E-state index in [0.29, 0.717) is 6.04 Å². The Morgan fingerprint density at radius 1 is 1.44 bits per heavy atom. The molecule has 1 aliphatic rings. The molecule has 1 aromatic carbocycles. The number of halogens is 1. The molecule has 0 saturated carbocycles. The summed E-state index contributed by atoms with van der Waals surface area (Å²) in [6.07, 6.45) is 4.03. The number of likely N-dealkylation sites (tertiary alicyclic amines) is 1. The summed E-state index contributed by atoms with van der Waals surface area (Å²) >= 11 is 3.59. The van der Waals surface area contributed by atoms with Crippen LogP contribution in [0.3, 0.4) is 0 Å². The van der Waals surface area contributed by atoms with Gasteiger partial charge in [0.1, 0.15) is 0 Å². The van der Waals surface area contributed by atoms with Gasteiger partial charge >= 0.3 is 0 Å². The Morgan fingerprint density at radius 3 is 2.94 bits per heavy atom. The molecule has 0 radical (unpaired) electrons. The Morgan fingerprint density at radius 2 is 2.25 bits per heavy atom. The predicted octanol–water partition coefficient (Wildman–Crippen LogP) is 3.41. The monoisotopic (exact) mass is 282 g/mol. The molecule has 0 unspecified atom stereocenters. The van der Waals surface area contributed by atoms with Crippen molar-refractivity contribution >= 4 is 21.6 Å². The highest BCUT2D eigenvalue weighted by Gasteiger charge is 2.18. The summed E-state index contributed by atoms with van der Waals surface area (Å²) in [7, 11) is 0. The van der Waals surface area contributed by atoms with Crippen molar-refractivity contribution in [3.8, 4) is 0 Å². The third kappa shape index (κ3) is 2.77. The molecule has 2 nitrogen and oxygen atoms in total. The van der Waals surface area contributed by atoms with Crippen molar-refractivity contribution in [2.45, 2.75) is 38.8 Å². The first-order valence-electron chi connectivity index (χ1n) is 5.95. The first kappa shape index (κ1) is 11.9. The van der Waals surface area contributed by atoms with Gasteiger partial charge in [0, 0.05) is 22.7 Å². The predicted molar refractivity (Wildman–Crippen MR) is 72.3 cm³/mol. The van der Waals surface area contributed by atoms with Crippen LogP contribution in [0.1, 0.15) is 31.7 Å². The van der Waals surface area contributed by atoms with E-state index in [2.05, 4.69) is 33.8 Å². The van der Waals surface area contributed by atoms with Gasteiger partial charge in [0.05, 0.1) is 0 Å². The van der Waals surface area contributed by atoms with E-state index in [1.54, 1.807) is 0 Å². The topological polar surface area (TPSA) is 29.3 Å². The van der Waals surface area contributed by atoms with Crippen molar-refractivity contribution < 1.29 is 0 Å². The fourth-order valence-electron chi connectivity index (χ4n) is 2.30. The Labute approximate surface area is 106 Å². The number of hydrogen-bond acceptors (Lipinski definition) is 2. The number of nitrogens with zero attached hydrogens (tertiary/aromatic N) is 1. The summed E-state index contributed by atoms with van der Waals surface area (Å²) in [5, 5.41) is 0. The van der Waals surface area contributed by atoms with E-state index in [-0.39, 0.29) is 0 Å². The molecule has 3 heteroatoms. The minimum atomic E-state index is 0.707. The quantitative estimate of drug-likeness (QED) is 0.843. The maximum absolute atomic E-state index is 5.74. The maximum Gasteiger partial charge on any atom is 0.0325 e. The molecule has 2 N–H and O–H groups in total. The Kier molecular flexibility index (Phi) is 3.87. The van der Waals surface area contributed by atoms with E-state index >= 15 is 0 Å². The van der Waals surface area contributed by atoms with Crippen molar-refractivity contribution in [2.24, 2.45) is 0 Å². The second-order valence-corrected chi connectivity index (χ2v) is 5.52. The SMILES string of the molecule is C[C@H]1CCCCN1Cc1ccc(N)cc1Br. The van der Waals surface area contributed by atoms with Crippen LogP contribution < -0.4 is 5.73 Å². The molecule has 0 spiro atoms. The first-order valence-corrected chi connectivity index (χ1v) is 6.74. The van der Waals surface area contributed by atoms with E-state index in [1.807, 2.05) is 12.1 Å². The average molecular weight is 283 g/mol. The van der Waals surface area contributed by atoms with Crippen LogP contribution in [-0.4, -0.2) is 17.5 Å². The zero-order valence-corrected chi connectivity index (χ0v) is 11.3. The molecule has 0 bridgehead atoms. The summed E-state index contributed by atoms with van der Waals surface area (Å²) in [5.74, 6) is 0. The largest absolute Gasteiger partial charge is 0.399 e. The zero-order chi connectivity index (χ0) is 11.5. The van der Waals surface area contributed by atoms with Crippen LogP contribution in [0.15, 0.2) is 22.7 Å². The van der Waals surface area contributed by atoms with Gasteiger partial charge in [-0.2, -0.15) is 0 Å². The van der Waals surface area contributed by atoms with Crippen LogP contribution >= 0.6 is 15.9 Å².